The number of aliphatic carboxylic acids is 1. The number of hydrogen-bond donors (Lipinski definition) is 3. The van der Waals surface area contributed by atoms with Crippen LogP contribution >= 0.6 is 0 Å². The molecule has 0 saturated heterocycles. The lowest BCUT2D eigenvalue weighted by atomic mass is 9.98. The maximum absolute atomic E-state index is 12.2. The van der Waals surface area contributed by atoms with Gasteiger partial charge in [-0.05, 0) is 28.2 Å². The Bertz CT molecular complexity index is 913. The zero-order valence-electron chi connectivity index (χ0n) is 17.8. The molecule has 0 fully saturated rings. The number of benzene rings is 2. The summed E-state index contributed by atoms with van der Waals surface area (Å²) in [6.45, 7) is 3.98. The molecule has 2 aromatic carbocycles. The number of fused-ring (bicyclic) bond motifs is 3. The standard InChI is InChI=1S/C24H28N2O5/c1-15(11-22(27)25-13-16(2)23(28)29)12-26-24(30)31-14-21-19-9-5-3-7-17(19)18-8-4-6-10-20(18)21/h3-10,15-16,21H,11-14H2,1-2H3,(H,25,27)(H,26,30)(H,28,29). The van der Waals surface area contributed by atoms with Gasteiger partial charge < -0.3 is 20.5 Å². The van der Waals surface area contributed by atoms with E-state index in [0.717, 1.165) is 11.1 Å². The fourth-order valence-corrected chi connectivity index (χ4v) is 3.72. The number of rotatable bonds is 9. The van der Waals surface area contributed by atoms with Crippen LogP contribution in [-0.4, -0.2) is 42.8 Å². The first-order valence-electron chi connectivity index (χ1n) is 10.4. The molecule has 0 heterocycles. The van der Waals surface area contributed by atoms with Gasteiger partial charge in [-0.3, -0.25) is 9.59 Å². The van der Waals surface area contributed by atoms with E-state index in [2.05, 4.69) is 34.9 Å². The van der Waals surface area contributed by atoms with Crippen molar-refractivity contribution in [1.29, 1.82) is 0 Å². The molecule has 164 valence electrons. The SMILES string of the molecule is CC(CNC(=O)OCC1c2ccccc2-c2ccccc21)CC(=O)NCC(C)C(=O)O. The first-order valence-corrected chi connectivity index (χ1v) is 10.4. The molecular formula is C24H28N2O5. The van der Waals surface area contributed by atoms with Crippen LogP contribution in [0.4, 0.5) is 4.79 Å². The first-order chi connectivity index (χ1) is 14.9. The summed E-state index contributed by atoms with van der Waals surface area (Å²) in [7, 11) is 0. The second-order valence-electron chi connectivity index (χ2n) is 8.06. The smallest absolute Gasteiger partial charge is 0.407 e. The summed E-state index contributed by atoms with van der Waals surface area (Å²) < 4.78 is 5.48. The van der Waals surface area contributed by atoms with E-state index in [1.165, 1.54) is 18.1 Å². The molecule has 7 nitrogen and oxygen atoms in total. The molecule has 31 heavy (non-hydrogen) atoms. The lowest BCUT2D eigenvalue weighted by molar-refractivity contribution is -0.141. The van der Waals surface area contributed by atoms with Crippen LogP contribution in [-0.2, 0) is 14.3 Å². The monoisotopic (exact) mass is 424 g/mol. The predicted molar refractivity (Wildman–Crippen MR) is 117 cm³/mol. The summed E-state index contributed by atoms with van der Waals surface area (Å²) in [5, 5.41) is 14.2. The van der Waals surface area contributed by atoms with Gasteiger partial charge in [0.05, 0.1) is 5.92 Å². The Kier molecular flexibility index (Phi) is 7.28. The summed E-state index contributed by atoms with van der Waals surface area (Å²) in [5.41, 5.74) is 4.64. The van der Waals surface area contributed by atoms with E-state index < -0.39 is 18.0 Å². The number of ether oxygens (including phenoxy) is 1. The molecule has 2 unspecified atom stereocenters. The van der Waals surface area contributed by atoms with Crippen LogP contribution in [0.3, 0.4) is 0 Å². The molecule has 0 bridgehead atoms. The average Bonchev–Trinajstić information content (AvgIpc) is 3.08. The molecule has 0 aliphatic heterocycles. The van der Waals surface area contributed by atoms with Crippen LogP contribution in [0.1, 0.15) is 37.3 Å². The van der Waals surface area contributed by atoms with Crippen molar-refractivity contribution in [2.24, 2.45) is 11.8 Å². The molecule has 0 radical (unpaired) electrons. The number of alkyl carbamates (subject to hydrolysis) is 1. The maximum Gasteiger partial charge on any atom is 0.407 e. The lowest BCUT2D eigenvalue weighted by Crippen LogP contribution is -2.35. The highest BCUT2D eigenvalue weighted by molar-refractivity contribution is 5.79. The Hall–Kier alpha value is -3.35. The van der Waals surface area contributed by atoms with E-state index in [0.29, 0.717) is 6.54 Å². The highest BCUT2D eigenvalue weighted by Crippen LogP contribution is 2.44. The molecule has 0 aromatic heterocycles. The molecular weight excluding hydrogens is 396 g/mol. The number of amides is 2. The largest absolute Gasteiger partial charge is 0.481 e. The van der Waals surface area contributed by atoms with E-state index in [4.69, 9.17) is 9.84 Å². The number of carboxylic acids is 1. The summed E-state index contributed by atoms with van der Waals surface area (Å²) in [5.74, 6) is -1.95. The van der Waals surface area contributed by atoms with E-state index in [1.54, 1.807) is 0 Å². The van der Waals surface area contributed by atoms with E-state index in [-0.39, 0.29) is 37.3 Å². The Morgan fingerprint density at radius 2 is 1.52 bits per heavy atom. The van der Waals surface area contributed by atoms with Crippen molar-refractivity contribution in [3.63, 3.8) is 0 Å². The Morgan fingerprint density at radius 1 is 0.935 bits per heavy atom. The van der Waals surface area contributed by atoms with Crippen LogP contribution in [0, 0.1) is 11.8 Å². The molecule has 7 heteroatoms. The maximum atomic E-state index is 12.2. The van der Waals surface area contributed by atoms with Gasteiger partial charge in [0.1, 0.15) is 6.61 Å². The minimum Gasteiger partial charge on any atom is -0.481 e. The summed E-state index contributed by atoms with van der Waals surface area (Å²) >= 11 is 0. The van der Waals surface area contributed by atoms with Crippen LogP contribution in [0.15, 0.2) is 48.5 Å². The third-order valence-electron chi connectivity index (χ3n) is 5.50. The van der Waals surface area contributed by atoms with Crippen LogP contribution < -0.4 is 10.6 Å². The average molecular weight is 424 g/mol. The molecule has 2 aromatic rings. The van der Waals surface area contributed by atoms with Gasteiger partial charge in [-0.25, -0.2) is 4.79 Å². The summed E-state index contributed by atoms with van der Waals surface area (Å²) in [6.07, 6.45) is -0.329. The highest BCUT2D eigenvalue weighted by Gasteiger charge is 2.29. The lowest BCUT2D eigenvalue weighted by Gasteiger charge is -2.16. The van der Waals surface area contributed by atoms with Gasteiger partial charge in [-0.2, -0.15) is 0 Å². The van der Waals surface area contributed by atoms with Crippen molar-refractivity contribution in [3.05, 3.63) is 59.7 Å². The van der Waals surface area contributed by atoms with Crippen LogP contribution in [0.5, 0.6) is 0 Å². The Morgan fingerprint density at radius 3 is 2.10 bits per heavy atom. The number of carbonyl (C=O) groups excluding carboxylic acids is 2. The predicted octanol–water partition coefficient (Wildman–Crippen LogP) is 3.39. The van der Waals surface area contributed by atoms with Crippen molar-refractivity contribution < 1.29 is 24.2 Å². The van der Waals surface area contributed by atoms with E-state index >= 15 is 0 Å². The minimum absolute atomic E-state index is 0.00224. The van der Waals surface area contributed by atoms with Gasteiger partial charge in [0, 0.05) is 25.4 Å². The van der Waals surface area contributed by atoms with Gasteiger partial charge in [0.2, 0.25) is 5.91 Å². The first kappa shape index (κ1) is 22.3. The molecule has 3 N–H and O–H groups in total. The molecule has 0 saturated carbocycles. The molecule has 3 rings (SSSR count). The van der Waals surface area contributed by atoms with E-state index in [1.807, 2.05) is 31.2 Å². The third-order valence-corrected chi connectivity index (χ3v) is 5.50. The fourth-order valence-electron chi connectivity index (χ4n) is 3.72. The van der Waals surface area contributed by atoms with Crippen molar-refractivity contribution >= 4 is 18.0 Å². The topological polar surface area (TPSA) is 105 Å². The summed E-state index contributed by atoms with van der Waals surface area (Å²) in [6, 6.07) is 16.3. The van der Waals surface area contributed by atoms with Gasteiger partial charge >= 0.3 is 12.1 Å². The molecule has 2 amide bonds. The second kappa shape index (κ2) is 10.1. The van der Waals surface area contributed by atoms with Crippen molar-refractivity contribution in [2.75, 3.05) is 19.7 Å². The number of hydrogen-bond acceptors (Lipinski definition) is 4. The molecule has 1 aliphatic carbocycles. The Labute approximate surface area is 181 Å². The zero-order valence-corrected chi connectivity index (χ0v) is 17.8. The third kappa shape index (κ3) is 5.63. The van der Waals surface area contributed by atoms with Gasteiger partial charge in [0.25, 0.3) is 0 Å². The van der Waals surface area contributed by atoms with Crippen molar-refractivity contribution in [3.8, 4) is 11.1 Å². The van der Waals surface area contributed by atoms with Gasteiger partial charge in [-0.15, -0.1) is 0 Å². The van der Waals surface area contributed by atoms with Gasteiger partial charge in [-0.1, -0.05) is 62.4 Å². The zero-order chi connectivity index (χ0) is 22.4. The van der Waals surface area contributed by atoms with Crippen LogP contribution in [0.25, 0.3) is 11.1 Å². The molecule has 0 spiro atoms. The molecule has 1 aliphatic rings. The highest BCUT2D eigenvalue weighted by atomic mass is 16.5. The Balaban J connectivity index is 1.45. The minimum atomic E-state index is -0.953. The normalized spacial score (nSPS) is 14.1. The van der Waals surface area contributed by atoms with Crippen molar-refractivity contribution in [1.82, 2.24) is 10.6 Å². The number of carboxylic acid groups (broad SMARTS) is 1. The second-order valence-corrected chi connectivity index (χ2v) is 8.06. The number of carbonyl (C=O) groups is 3. The quantitative estimate of drug-likeness (QED) is 0.572. The summed E-state index contributed by atoms with van der Waals surface area (Å²) in [4.78, 5) is 34.9. The molecule has 2 atom stereocenters. The van der Waals surface area contributed by atoms with E-state index in [9.17, 15) is 14.4 Å². The fraction of sp³-hybridized carbons (Fsp3) is 0.375. The van der Waals surface area contributed by atoms with Crippen molar-refractivity contribution in [2.45, 2.75) is 26.2 Å². The van der Waals surface area contributed by atoms with Gasteiger partial charge in [0.15, 0.2) is 0 Å². The number of nitrogens with one attached hydrogen (secondary N) is 2. The van der Waals surface area contributed by atoms with Crippen LogP contribution in [0.2, 0.25) is 0 Å².